The number of piperidine rings is 1. The molecule has 2 unspecified atom stereocenters. The Morgan fingerprint density at radius 1 is 1.29 bits per heavy atom. The molecule has 2 saturated heterocycles. The molecule has 2 heterocycles. The van der Waals surface area contributed by atoms with Gasteiger partial charge in [0.1, 0.15) is 11.4 Å². The first-order chi connectivity index (χ1) is 11.2. The van der Waals surface area contributed by atoms with Gasteiger partial charge in [0.15, 0.2) is 0 Å². The van der Waals surface area contributed by atoms with Gasteiger partial charge < -0.3 is 15.0 Å². The molecule has 1 aromatic rings. The van der Waals surface area contributed by atoms with Crippen molar-refractivity contribution >= 4 is 27.7 Å². The fraction of sp³-hybridized carbons (Fsp3) is 0.611. The van der Waals surface area contributed by atoms with Crippen molar-refractivity contribution in [1.29, 1.82) is 0 Å². The van der Waals surface area contributed by atoms with Crippen molar-refractivity contribution in [2.24, 2.45) is 0 Å². The van der Waals surface area contributed by atoms with Crippen LogP contribution < -0.4 is 5.32 Å². The van der Waals surface area contributed by atoms with Gasteiger partial charge in [0.25, 0.3) is 0 Å². The molecule has 0 radical (unpaired) electrons. The zero-order valence-electron chi connectivity index (χ0n) is 14.3. The summed E-state index contributed by atoms with van der Waals surface area (Å²) in [7, 11) is 0. The van der Waals surface area contributed by atoms with Gasteiger partial charge in [-0.2, -0.15) is 0 Å². The third-order valence-electron chi connectivity index (χ3n) is 4.63. The summed E-state index contributed by atoms with van der Waals surface area (Å²) in [6.07, 6.45) is 3.62. The molecular weight excluding hydrogens is 375 g/mol. The molecule has 2 aliphatic rings. The van der Waals surface area contributed by atoms with Crippen molar-refractivity contribution < 1.29 is 13.9 Å². The highest BCUT2D eigenvalue weighted by atomic mass is 79.9. The van der Waals surface area contributed by atoms with Crippen LogP contribution in [0.5, 0.6) is 0 Å². The van der Waals surface area contributed by atoms with E-state index in [1.54, 1.807) is 6.07 Å². The van der Waals surface area contributed by atoms with Gasteiger partial charge >= 0.3 is 6.09 Å². The highest BCUT2D eigenvalue weighted by Crippen LogP contribution is 2.38. The summed E-state index contributed by atoms with van der Waals surface area (Å²) in [6, 6.07) is 5.39. The van der Waals surface area contributed by atoms with Crippen molar-refractivity contribution in [2.45, 2.75) is 70.2 Å². The molecule has 0 aliphatic carbocycles. The number of carbonyl (C=O) groups is 1. The average Bonchev–Trinajstić information content (AvgIpc) is 2.72. The molecule has 2 aliphatic heterocycles. The van der Waals surface area contributed by atoms with Crippen molar-refractivity contribution in [2.75, 3.05) is 5.32 Å². The van der Waals surface area contributed by atoms with Gasteiger partial charge in [-0.25, -0.2) is 9.18 Å². The topological polar surface area (TPSA) is 41.6 Å². The van der Waals surface area contributed by atoms with E-state index in [0.29, 0.717) is 0 Å². The van der Waals surface area contributed by atoms with Gasteiger partial charge in [-0.05, 0) is 80.6 Å². The molecule has 0 spiro atoms. The predicted octanol–water partition coefficient (Wildman–Crippen LogP) is 4.93. The molecular formula is C18H24BrFN2O2. The van der Waals surface area contributed by atoms with Crippen LogP contribution in [0.3, 0.4) is 0 Å². The Hall–Kier alpha value is -1.30. The van der Waals surface area contributed by atoms with Gasteiger partial charge in [0, 0.05) is 28.3 Å². The summed E-state index contributed by atoms with van der Waals surface area (Å²) in [5.74, 6) is -0.257. The number of benzene rings is 1. The second-order valence-electron chi connectivity index (χ2n) is 7.71. The van der Waals surface area contributed by atoms with E-state index in [4.69, 9.17) is 4.74 Å². The smallest absolute Gasteiger partial charge is 0.410 e. The number of hydrogen-bond donors (Lipinski definition) is 1. The summed E-state index contributed by atoms with van der Waals surface area (Å²) in [5, 5.41) is 3.49. The zero-order chi connectivity index (χ0) is 17.5. The van der Waals surface area contributed by atoms with Crippen LogP contribution in [0.4, 0.5) is 14.9 Å². The number of rotatable bonds is 2. The van der Waals surface area contributed by atoms with E-state index in [2.05, 4.69) is 21.2 Å². The summed E-state index contributed by atoms with van der Waals surface area (Å²) in [4.78, 5) is 14.4. The first-order valence-corrected chi connectivity index (χ1v) is 9.25. The fourth-order valence-corrected chi connectivity index (χ4v) is 4.20. The second kappa shape index (κ2) is 6.54. The third-order valence-corrected chi connectivity index (χ3v) is 5.28. The SMILES string of the molecule is CC(C)(C)OC(=O)N1C2CCC1CC(Nc1ccc(F)cc1Br)C2. The van der Waals surface area contributed by atoms with Gasteiger partial charge in [0.05, 0.1) is 0 Å². The van der Waals surface area contributed by atoms with Crippen LogP contribution in [-0.2, 0) is 4.74 Å². The average molecular weight is 399 g/mol. The monoisotopic (exact) mass is 398 g/mol. The number of amides is 1. The predicted molar refractivity (Wildman–Crippen MR) is 95.6 cm³/mol. The molecule has 2 bridgehead atoms. The molecule has 0 aromatic heterocycles. The van der Waals surface area contributed by atoms with Crippen LogP contribution in [0.1, 0.15) is 46.5 Å². The number of fused-ring (bicyclic) bond motifs is 2. The highest BCUT2D eigenvalue weighted by molar-refractivity contribution is 9.10. The van der Waals surface area contributed by atoms with Gasteiger partial charge in [0.2, 0.25) is 0 Å². The summed E-state index contributed by atoms with van der Waals surface area (Å²) in [6.45, 7) is 5.69. The quantitative estimate of drug-likeness (QED) is 0.767. The zero-order valence-corrected chi connectivity index (χ0v) is 15.9. The molecule has 0 saturated carbocycles. The van der Waals surface area contributed by atoms with E-state index in [1.165, 1.54) is 12.1 Å². The lowest BCUT2D eigenvalue weighted by Gasteiger charge is -2.40. The standard InChI is InChI=1S/C18H24BrFN2O2/c1-18(2,3)24-17(23)22-13-5-6-14(22)10-12(9-13)21-16-7-4-11(20)8-15(16)19/h4,7-8,12-14,21H,5-6,9-10H2,1-3H3. The molecule has 6 heteroatoms. The van der Waals surface area contributed by atoms with Crippen LogP contribution in [0.15, 0.2) is 22.7 Å². The van der Waals surface area contributed by atoms with E-state index in [1.807, 2.05) is 25.7 Å². The van der Waals surface area contributed by atoms with Crippen molar-refractivity contribution in [1.82, 2.24) is 4.90 Å². The third kappa shape index (κ3) is 3.85. The highest BCUT2D eigenvalue weighted by Gasteiger charge is 2.44. The number of ether oxygens (including phenoxy) is 1. The van der Waals surface area contributed by atoms with Gasteiger partial charge in [-0.1, -0.05) is 0 Å². The molecule has 1 aromatic carbocycles. The van der Waals surface area contributed by atoms with E-state index in [9.17, 15) is 9.18 Å². The molecule has 24 heavy (non-hydrogen) atoms. The van der Waals surface area contributed by atoms with E-state index < -0.39 is 5.60 Å². The van der Waals surface area contributed by atoms with Crippen molar-refractivity contribution in [3.63, 3.8) is 0 Å². The lowest BCUT2D eigenvalue weighted by molar-refractivity contribution is 0.00683. The van der Waals surface area contributed by atoms with Crippen molar-refractivity contribution in [3.8, 4) is 0 Å². The Kier molecular flexibility index (Phi) is 4.78. The Morgan fingerprint density at radius 3 is 2.46 bits per heavy atom. The van der Waals surface area contributed by atoms with Crippen LogP contribution in [0.2, 0.25) is 0 Å². The maximum Gasteiger partial charge on any atom is 0.410 e. The van der Waals surface area contributed by atoms with E-state index >= 15 is 0 Å². The largest absolute Gasteiger partial charge is 0.444 e. The number of nitrogens with zero attached hydrogens (tertiary/aromatic N) is 1. The maximum absolute atomic E-state index is 13.2. The minimum Gasteiger partial charge on any atom is -0.444 e. The number of nitrogens with one attached hydrogen (secondary N) is 1. The maximum atomic E-state index is 13.2. The Labute approximate surface area is 150 Å². The molecule has 4 nitrogen and oxygen atoms in total. The molecule has 2 atom stereocenters. The number of hydrogen-bond acceptors (Lipinski definition) is 3. The minimum atomic E-state index is -0.468. The molecule has 2 fully saturated rings. The molecule has 3 rings (SSSR count). The van der Waals surface area contributed by atoms with Gasteiger partial charge in [-0.15, -0.1) is 0 Å². The van der Waals surface area contributed by atoms with Crippen LogP contribution in [0.25, 0.3) is 0 Å². The van der Waals surface area contributed by atoms with Gasteiger partial charge in [-0.3, -0.25) is 0 Å². The normalized spacial score (nSPS) is 26.4. The molecule has 132 valence electrons. The van der Waals surface area contributed by atoms with Crippen LogP contribution in [-0.4, -0.2) is 34.7 Å². The summed E-state index contributed by atoms with van der Waals surface area (Å²) in [5.41, 5.74) is 0.427. The Balaban J connectivity index is 1.66. The molecule has 1 N–H and O–H groups in total. The fourth-order valence-electron chi connectivity index (χ4n) is 3.73. The first kappa shape index (κ1) is 17.5. The van der Waals surface area contributed by atoms with Crippen LogP contribution >= 0.6 is 15.9 Å². The Bertz CT molecular complexity index is 618. The number of anilines is 1. The van der Waals surface area contributed by atoms with E-state index in [0.717, 1.165) is 35.8 Å². The van der Waals surface area contributed by atoms with Crippen molar-refractivity contribution in [3.05, 3.63) is 28.5 Å². The second-order valence-corrected chi connectivity index (χ2v) is 8.56. The number of halogens is 2. The minimum absolute atomic E-state index is 0.198. The number of carbonyl (C=O) groups excluding carboxylic acids is 1. The lowest BCUT2D eigenvalue weighted by Crippen LogP contribution is -2.51. The van der Waals surface area contributed by atoms with E-state index in [-0.39, 0.29) is 30.0 Å². The lowest BCUT2D eigenvalue weighted by atomic mass is 9.97. The summed E-state index contributed by atoms with van der Waals surface area (Å²) >= 11 is 3.40. The molecule has 1 amide bonds. The van der Waals surface area contributed by atoms with Crippen LogP contribution in [0, 0.1) is 5.82 Å². The Morgan fingerprint density at radius 2 is 1.92 bits per heavy atom. The first-order valence-electron chi connectivity index (χ1n) is 8.46. The summed E-state index contributed by atoms with van der Waals surface area (Å²) < 4.78 is 19.5.